The van der Waals surface area contributed by atoms with Crippen molar-refractivity contribution in [3.05, 3.63) is 53.7 Å². The van der Waals surface area contributed by atoms with Gasteiger partial charge in [0.2, 0.25) is 10.0 Å². The molecule has 1 heterocycles. The van der Waals surface area contributed by atoms with Gasteiger partial charge in [0.05, 0.1) is 4.90 Å². The third kappa shape index (κ3) is 5.05. The van der Waals surface area contributed by atoms with Crippen molar-refractivity contribution in [2.45, 2.75) is 31.3 Å². The Balaban J connectivity index is 2.03. The first-order chi connectivity index (χ1) is 12.6. The van der Waals surface area contributed by atoms with Crippen LogP contribution in [-0.4, -0.2) is 50.8 Å². The number of sulfonamides is 1. The molecule has 0 spiro atoms. The number of pyridine rings is 1. The molecule has 0 saturated heterocycles. The average molecular weight is 391 g/mol. The highest BCUT2D eigenvalue weighted by atomic mass is 32.2. The summed E-state index contributed by atoms with van der Waals surface area (Å²) in [6.07, 6.45) is 1.72. The molecule has 1 aromatic heterocycles. The van der Waals surface area contributed by atoms with Crippen LogP contribution in [-0.2, 0) is 16.6 Å². The molecule has 1 amide bonds. The van der Waals surface area contributed by atoms with Crippen molar-refractivity contribution in [3.8, 4) is 0 Å². The van der Waals surface area contributed by atoms with Crippen molar-refractivity contribution in [1.82, 2.24) is 14.6 Å². The molecule has 1 N–H and O–H groups in total. The fraction of sp³-hybridized carbons (Fsp3) is 0.368. The van der Waals surface area contributed by atoms with Crippen LogP contribution in [0.5, 0.6) is 0 Å². The fourth-order valence-corrected chi connectivity index (χ4v) is 3.66. The van der Waals surface area contributed by atoms with Crippen molar-refractivity contribution in [2.75, 3.05) is 26.0 Å². The molecule has 7 nitrogen and oxygen atoms in total. The molecular weight excluding hydrogens is 364 g/mol. The minimum atomic E-state index is -3.56. The molecule has 0 saturated carbocycles. The Bertz CT molecular complexity index is 876. The van der Waals surface area contributed by atoms with Gasteiger partial charge in [0, 0.05) is 45.5 Å². The van der Waals surface area contributed by atoms with Crippen LogP contribution < -0.4 is 10.2 Å². The molecule has 0 unspecified atom stereocenters. The molecule has 1 aromatic carbocycles. The van der Waals surface area contributed by atoms with Gasteiger partial charge >= 0.3 is 0 Å². The van der Waals surface area contributed by atoms with Crippen LogP contribution in [0, 0.1) is 0 Å². The lowest BCUT2D eigenvalue weighted by molar-refractivity contribution is 0.0950. The van der Waals surface area contributed by atoms with Gasteiger partial charge in [0.1, 0.15) is 5.82 Å². The zero-order valence-electron chi connectivity index (χ0n) is 16.3. The summed E-state index contributed by atoms with van der Waals surface area (Å²) in [5, 5.41) is 2.81. The van der Waals surface area contributed by atoms with E-state index in [9.17, 15) is 13.2 Å². The van der Waals surface area contributed by atoms with E-state index in [-0.39, 0.29) is 16.8 Å². The summed E-state index contributed by atoms with van der Waals surface area (Å²) in [4.78, 5) is 18.7. The second-order valence-corrected chi connectivity index (χ2v) is 8.74. The highest BCUT2D eigenvalue weighted by Crippen LogP contribution is 2.17. The normalized spacial score (nSPS) is 11.7. The van der Waals surface area contributed by atoms with Crippen LogP contribution in [0.15, 0.2) is 47.5 Å². The Morgan fingerprint density at radius 2 is 1.70 bits per heavy atom. The molecule has 27 heavy (non-hydrogen) atoms. The zero-order chi connectivity index (χ0) is 20.2. The van der Waals surface area contributed by atoms with Crippen molar-refractivity contribution < 1.29 is 13.2 Å². The summed E-state index contributed by atoms with van der Waals surface area (Å²) >= 11 is 0. The summed E-state index contributed by atoms with van der Waals surface area (Å²) < 4.78 is 26.2. The standard InChI is InChI=1S/C19H26N4O3S/c1-14(2)23(5)27(25,26)17-9-7-16(8-10-17)19(24)21-13-15-6-11-18(20-12-15)22(3)4/h6-12,14H,13H2,1-5H3,(H,21,24). The summed E-state index contributed by atoms with van der Waals surface area (Å²) in [5.41, 5.74) is 1.28. The molecule has 0 aliphatic rings. The minimum Gasteiger partial charge on any atom is -0.363 e. The largest absolute Gasteiger partial charge is 0.363 e. The first kappa shape index (κ1) is 20.9. The molecule has 2 rings (SSSR count). The second kappa shape index (κ2) is 8.49. The van der Waals surface area contributed by atoms with E-state index in [1.807, 2.05) is 31.1 Å². The third-order valence-corrected chi connectivity index (χ3v) is 6.29. The number of carbonyl (C=O) groups excluding carboxylic acids is 1. The van der Waals surface area contributed by atoms with E-state index in [0.717, 1.165) is 11.4 Å². The number of hydrogen-bond acceptors (Lipinski definition) is 5. The Kier molecular flexibility index (Phi) is 6.56. The van der Waals surface area contributed by atoms with Gasteiger partial charge < -0.3 is 10.2 Å². The predicted octanol–water partition coefficient (Wildman–Crippen LogP) is 2.11. The molecule has 2 aromatic rings. The lowest BCUT2D eigenvalue weighted by Gasteiger charge is -2.21. The number of carbonyl (C=O) groups is 1. The van der Waals surface area contributed by atoms with Crippen LogP contribution in [0.2, 0.25) is 0 Å². The van der Waals surface area contributed by atoms with E-state index in [4.69, 9.17) is 0 Å². The van der Waals surface area contributed by atoms with Gasteiger partial charge in [-0.25, -0.2) is 13.4 Å². The number of nitrogens with one attached hydrogen (secondary N) is 1. The van der Waals surface area contributed by atoms with E-state index in [2.05, 4.69) is 10.3 Å². The quantitative estimate of drug-likeness (QED) is 0.783. The number of benzene rings is 1. The van der Waals surface area contributed by atoms with E-state index in [0.29, 0.717) is 12.1 Å². The molecular formula is C19H26N4O3S. The van der Waals surface area contributed by atoms with Crippen LogP contribution >= 0.6 is 0 Å². The van der Waals surface area contributed by atoms with Crippen LogP contribution in [0.3, 0.4) is 0 Å². The smallest absolute Gasteiger partial charge is 0.251 e. The van der Waals surface area contributed by atoms with E-state index < -0.39 is 10.0 Å². The second-order valence-electron chi connectivity index (χ2n) is 6.74. The van der Waals surface area contributed by atoms with E-state index in [1.165, 1.54) is 35.6 Å². The molecule has 0 aliphatic carbocycles. The van der Waals surface area contributed by atoms with Crippen molar-refractivity contribution in [1.29, 1.82) is 0 Å². The molecule has 0 atom stereocenters. The topological polar surface area (TPSA) is 82.6 Å². The lowest BCUT2D eigenvalue weighted by Crippen LogP contribution is -2.33. The first-order valence-corrected chi connectivity index (χ1v) is 10.1. The summed E-state index contributed by atoms with van der Waals surface area (Å²) in [7, 11) is 1.80. The van der Waals surface area contributed by atoms with Gasteiger partial charge in [-0.15, -0.1) is 0 Å². The van der Waals surface area contributed by atoms with Gasteiger partial charge in [0.25, 0.3) is 5.91 Å². The number of amides is 1. The van der Waals surface area contributed by atoms with Crippen molar-refractivity contribution in [2.24, 2.45) is 0 Å². The average Bonchev–Trinajstić information content (AvgIpc) is 2.65. The first-order valence-electron chi connectivity index (χ1n) is 8.61. The Hall–Kier alpha value is -2.45. The van der Waals surface area contributed by atoms with Crippen molar-refractivity contribution >= 4 is 21.7 Å². The Morgan fingerprint density at radius 1 is 1.07 bits per heavy atom. The Morgan fingerprint density at radius 3 is 2.19 bits per heavy atom. The maximum atomic E-state index is 12.5. The summed E-state index contributed by atoms with van der Waals surface area (Å²) in [6.45, 7) is 3.95. The van der Waals surface area contributed by atoms with Crippen LogP contribution in [0.25, 0.3) is 0 Å². The number of nitrogens with zero attached hydrogens (tertiary/aromatic N) is 3. The highest BCUT2D eigenvalue weighted by molar-refractivity contribution is 7.89. The molecule has 0 aliphatic heterocycles. The van der Waals surface area contributed by atoms with Gasteiger partial charge in [-0.1, -0.05) is 6.07 Å². The maximum Gasteiger partial charge on any atom is 0.251 e. The van der Waals surface area contributed by atoms with Crippen LogP contribution in [0.4, 0.5) is 5.82 Å². The molecule has 146 valence electrons. The molecule has 8 heteroatoms. The highest BCUT2D eigenvalue weighted by Gasteiger charge is 2.23. The maximum absolute atomic E-state index is 12.5. The third-order valence-electron chi connectivity index (χ3n) is 4.24. The van der Waals surface area contributed by atoms with Crippen molar-refractivity contribution in [3.63, 3.8) is 0 Å². The van der Waals surface area contributed by atoms with Gasteiger partial charge in [-0.05, 0) is 49.7 Å². The number of hydrogen-bond donors (Lipinski definition) is 1. The lowest BCUT2D eigenvalue weighted by atomic mass is 10.2. The van der Waals surface area contributed by atoms with Gasteiger partial charge in [0.15, 0.2) is 0 Å². The number of anilines is 1. The SMILES string of the molecule is CC(C)N(C)S(=O)(=O)c1ccc(C(=O)NCc2ccc(N(C)C)nc2)cc1. The van der Waals surface area contributed by atoms with Crippen LogP contribution in [0.1, 0.15) is 29.8 Å². The van der Waals surface area contributed by atoms with Gasteiger partial charge in [-0.2, -0.15) is 4.31 Å². The van der Waals surface area contributed by atoms with E-state index >= 15 is 0 Å². The fourth-order valence-electron chi connectivity index (χ4n) is 2.29. The molecule has 0 radical (unpaired) electrons. The molecule has 0 fully saturated rings. The van der Waals surface area contributed by atoms with Gasteiger partial charge in [-0.3, -0.25) is 4.79 Å². The van der Waals surface area contributed by atoms with E-state index in [1.54, 1.807) is 20.0 Å². The monoisotopic (exact) mass is 390 g/mol. The summed E-state index contributed by atoms with van der Waals surface area (Å²) in [6, 6.07) is 9.58. The molecule has 0 bridgehead atoms. The Labute approximate surface area is 161 Å². The predicted molar refractivity (Wildman–Crippen MR) is 106 cm³/mol. The zero-order valence-corrected chi connectivity index (χ0v) is 17.1. The summed E-state index contributed by atoms with van der Waals surface area (Å²) in [5.74, 6) is 0.570. The number of aromatic nitrogens is 1. The number of rotatable bonds is 7. The minimum absolute atomic E-state index is 0.148.